The Morgan fingerprint density at radius 1 is 1.47 bits per heavy atom. The predicted molar refractivity (Wildman–Crippen MR) is 69.4 cm³/mol. The van der Waals surface area contributed by atoms with Crippen LogP contribution in [-0.2, 0) is 0 Å². The molecule has 96 valence electrons. The number of hydrogen-bond donors (Lipinski definition) is 3. The van der Waals surface area contributed by atoms with Crippen LogP contribution in [0.25, 0.3) is 0 Å². The van der Waals surface area contributed by atoms with Gasteiger partial charge in [0, 0.05) is 22.3 Å². The van der Waals surface area contributed by atoms with Crippen molar-refractivity contribution in [2.75, 3.05) is 19.5 Å². The third kappa shape index (κ3) is 3.89. The number of nitrogens with two attached hydrogens (primary N) is 1. The van der Waals surface area contributed by atoms with Crippen LogP contribution in [0.2, 0.25) is 0 Å². The van der Waals surface area contributed by atoms with Gasteiger partial charge < -0.3 is 20.7 Å². The van der Waals surface area contributed by atoms with E-state index in [1.54, 1.807) is 7.11 Å². The maximum Gasteiger partial charge on any atom is 0.124 e. The minimum atomic E-state index is -0.716. The lowest BCUT2D eigenvalue weighted by molar-refractivity contribution is 0.113. The Balaban J connectivity index is 2.90. The zero-order chi connectivity index (χ0) is 12.8. The summed E-state index contributed by atoms with van der Waals surface area (Å²) in [5.41, 5.74) is 6.86. The van der Waals surface area contributed by atoms with Crippen LogP contribution in [0, 0.1) is 0 Å². The highest BCUT2D eigenvalue weighted by Crippen LogP contribution is 2.34. The fourth-order valence-corrected chi connectivity index (χ4v) is 2.61. The maximum absolute atomic E-state index is 9.34. The zero-order valence-corrected chi connectivity index (χ0v) is 10.9. The topological polar surface area (TPSA) is 75.7 Å². The van der Waals surface area contributed by atoms with Crippen molar-refractivity contribution in [3.05, 3.63) is 23.8 Å². The Kier molecular flexibility index (Phi) is 5.77. The Hall–Kier alpha value is -0.750. The van der Waals surface area contributed by atoms with Crippen LogP contribution in [0.5, 0.6) is 5.75 Å². The van der Waals surface area contributed by atoms with E-state index in [-0.39, 0.29) is 12.6 Å². The minimum Gasteiger partial charge on any atom is -0.496 e. The number of ether oxygens (including phenoxy) is 1. The minimum absolute atomic E-state index is 0.139. The molecule has 1 aromatic rings. The molecule has 17 heavy (non-hydrogen) atoms. The van der Waals surface area contributed by atoms with E-state index in [4.69, 9.17) is 15.6 Å². The number of methoxy groups -OCH3 is 1. The van der Waals surface area contributed by atoms with E-state index in [1.807, 2.05) is 25.1 Å². The smallest absolute Gasteiger partial charge is 0.124 e. The van der Waals surface area contributed by atoms with Gasteiger partial charge in [0.05, 0.1) is 19.8 Å². The molecule has 0 radical (unpaired) electrons. The van der Waals surface area contributed by atoms with Crippen molar-refractivity contribution in [2.24, 2.45) is 5.73 Å². The number of thioether (sulfide) groups is 1. The summed E-state index contributed by atoms with van der Waals surface area (Å²) < 4.78 is 5.28. The average molecular weight is 257 g/mol. The lowest BCUT2D eigenvalue weighted by Gasteiger charge is -2.17. The lowest BCUT2D eigenvalue weighted by Crippen LogP contribution is -2.15. The van der Waals surface area contributed by atoms with Gasteiger partial charge in [-0.15, -0.1) is 11.8 Å². The second-order valence-corrected chi connectivity index (χ2v) is 4.87. The second kappa shape index (κ2) is 6.86. The Morgan fingerprint density at radius 2 is 2.18 bits per heavy atom. The second-order valence-electron chi connectivity index (χ2n) is 3.81. The molecule has 5 heteroatoms. The molecule has 1 aromatic carbocycles. The molecule has 0 heterocycles. The zero-order valence-electron chi connectivity index (χ0n) is 10.1. The number of hydrogen-bond acceptors (Lipinski definition) is 5. The Morgan fingerprint density at radius 3 is 2.71 bits per heavy atom. The predicted octanol–water partition coefficient (Wildman–Crippen LogP) is 1.16. The van der Waals surface area contributed by atoms with Crippen molar-refractivity contribution in [1.82, 2.24) is 0 Å². The van der Waals surface area contributed by atoms with Gasteiger partial charge in [-0.2, -0.15) is 0 Å². The molecule has 4 nitrogen and oxygen atoms in total. The quantitative estimate of drug-likeness (QED) is 0.667. The van der Waals surface area contributed by atoms with E-state index in [2.05, 4.69) is 0 Å². The van der Waals surface area contributed by atoms with Crippen LogP contribution in [0.1, 0.15) is 18.5 Å². The first-order valence-electron chi connectivity index (χ1n) is 5.44. The molecular formula is C12H19NO3S. The number of aliphatic hydroxyl groups is 2. The number of aliphatic hydroxyl groups excluding tert-OH is 2. The van der Waals surface area contributed by atoms with Gasteiger partial charge in [-0.1, -0.05) is 6.07 Å². The van der Waals surface area contributed by atoms with Gasteiger partial charge in [-0.25, -0.2) is 0 Å². The summed E-state index contributed by atoms with van der Waals surface area (Å²) in [6.07, 6.45) is -0.716. The van der Waals surface area contributed by atoms with E-state index in [9.17, 15) is 5.11 Å². The maximum atomic E-state index is 9.34. The third-order valence-electron chi connectivity index (χ3n) is 2.34. The monoisotopic (exact) mass is 257 g/mol. The molecule has 4 N–H and O–H groups in total. The summed E-state index contributed by atoms with van der Waals surface area (Å²) in [4.78, 5) is 0.979. The highest BCUT2D eigenvalue weighted by molar-refractivity contribution is 7.99. The summed E-state index contributed by atoms with van der Waals surface area (Å²) in [7, 11) is 1.61. The molecule has 0 saturated heterocycles. The molecule has 1 unspecified atom stereocenters. The van der Waals surface area contributed by atoms with E-state index in [0.29, 0.717) is 5.75 Å². The van der Waals surface area contributed by atoms with Gasteiger partial charge in [-0.3, -0.25) is 0 Å². The van der Waals surface area contributed by atoms with Crippen molar-refractivity contribution in [3.8, 4) is 5.75 Å². The van der Waals surface area contributed by atoms with Crippen molar-refractivity contribution < 1.29 is 14.9 Å². The van der Waals surface area contributed by atoms with E-state index >= 15 is 0 Å². The van der Waals surface area contributed by atoms with Crippen molar-refractivity contribution in [3.63, 3.8) is 0 Å². The van der Waals surface area contributed by atoms with E-state index < -0.39 is 6.10 Å². The van der Waals surface area contributed by atoms with Crippen LogP contribution >= 0.6 is 11.8 Å². The summed E-state index contributed by atoms with van der Waals surface area (Å²) in [5, 5.41) is 18.1. The van der Waals surface area contributed by atoms with Gasteiger partial charge in [-0.05, 0) is 19.1 Å². The largest absolute Gasteiger partial charge is 0.496 e. The van der Waals surface area contributed by atoms with Crippen molar-refractivity contribution in [1.29, 1.82) is 0 Å². The first kappa shape index (κ1) is 14.3. The number of rotatable bonds is 6. The average Bonchev–Trinajstić information content (AvgIpc) is 2.34. The molecule has 0 aliphatic rings. The van der Waals surface area contributed by atoms with Crippen LogP contribution < -0.4 is 10.5 Å². The van der Waals surface area contributed by atoms with Gasteiger partial charge in [0.25, 0.3) is 0 Å². The summed E-state index contributed by atoms with van der Waals surface area (Å²) in [5.74, 6) is 1.19. The highest BCUT2D eigenvalue weighted by atomic mass is 32.2. The van der Waals surface area contributed by atoms with Crippen molar-refractivity contribution in [2.45, 2.75) is 24.0 Å². The molecule has 0 aromatic heterocycles. The first-order chi connectivity index (χ1) is 8.10. The SMILES string of the molecule is COc1cccc(SCC(O)CO)c1[C@H](C)N. The third-order valence-corrected chi connectivity index (χ3v) is 3.56. The molecule has 1 rings (SSSR count). The normalized spacial score (nSPS) is 14.4. The van der Waals surface area contributed by atoms with Gasteiger partial charge in [0.15, 0.2) is 0 Å². The summed E-state index contributed by atoms with van der Waals surface area (Å²) in [6, 6.07) is 5.56. The van der Waals surface area contributed by atoms with E-state index in [1.165, 1.54) is 11.8 Å². The molecule has 0 saturated carbocycles. The molecule has 2 atom stereocenters. The number of benzene rings is 1. The van der Waals surface area contributed by atoms with Gasteiger partial charge >= 0.3 is 0 Å². The summed E-state index contributed by atoms with van der Waals surface area (Å²) in [6.45, 7) is 1.66. The first-order valence-corrected chi connectivity index (χ1v) is 6.43. The Bertz CT molecular complexity index is 358. The van der Waals surface area contributed by atoms with Crippen LogP contribution in [0.4, 0.5) is 0 Å². The molecule has 0 spiro atoms. The van der Waals surface area contributed by atoms with Crippen molar-refractivity contribution >= 4 is 11.8 Å². The molecular weight excluding hydrogens is 238 g/mol. The molecule has 0 aliphatic carbocycles. The molecule has 0 fully saturated rings. The fourth-order valence-electron chi connectivity index (χ4n) is 1.52. The highest BCUT2D eigenvalue weighted by Gasteiger charge is 2.14. The summed E-state index contributed by atoms with van der Waals surface area (Å²) >= 11 is 1.47. The van der Waals surface area contributed by atoms with Gasteiger partial charge in [0.2, 0.25) is 0 Å². The van der Waals surface area contributed by atoms with Crippen LogP contribution in [0.3, 0.4) is 0 Å². The molecule has 0 bridgehead atoms. The lowest BCUT2D eigenvalue weighted by atomic mass is 10.1. The molecule has 0 amide bonds. The Labute approximate surface area is 106 Å². The van der Waals surface area contributed by atoms with Gasteiger partial charge in [0.1, 0.15) is 5.75 Å². The van der Waals surface area contributed by atoms with Crippen LogP contribution in [0.15, 0.2) is 23.1 Å². The molecule has 0 aliphatic heterocycles. The fraction of sp³-hybridized carbons (Fsp3) is 0.500. The van der Waals surface area contributed by atoms with E-state index in [0.717, 1.165) is 16.2 Å². The van der Waals surface area contributed by atoms with Crippen LogP contribution in [-0.4, -0.2) is 35.8 Å². The standard InChI is InChI=1S/C12H19NO3S/c1-8(13)12-10(16-2)4-3-5-11(12)17-7-9(15)6-14/h3-5,8-9,14-15H,6-7,13H2,1-2H3/t8-,9?/m0/s1.